The Morgan fingerprint density at radius 1 is 1.07 bits per heavy atom. The van der Waals surface area contributed by atoms with Gasteiger partial charge in [0.25, 0.3) is 5.91 Å². The fourth-order valence-corrected chi connectivity index (χ4v) is 4.22. The lowest BCUT2D eigenvalue weighted by Gasteiger charge is -2.22. The van der Waals surface area contributed by atoms with Crippen molar-refractivity contribution >= 4 is 12.0 Å². The lowest BCUT2D eigenvalue weighted by molar-refractivity contribution is -0.117. The van der Waals surface area contributed by atoms with Crippen molar-refractivity contribution in [3.63, 3.8) is 0 Å². The van der Waals surface area contributed by atoms with E-state index in [0.717, 1.165) is 48.3 Å². The number of benzene rings is 1. The van der Waals surface area contributed by atoms with E-state index in [1.54, 1.807) is 6.08 Å². The molecule has 1 amide bonds. The van der Waals surface area contributed by atoms with Crippen molar-refractivity contribution in [1.82, 2.24) is 9.88 Å². The van der Waals surface area contributed by atoms with Gasteiger partial charge >= 0.3 is 0 Å². The van der Waals surface area contributed by atoms with Crippen molar-refractivity contribution in [3.8, 4) is 11.8 Å². The van der Waals surface area contributed by atoms with Gasteiger partial charge in [-0.1, -0.05) is 25.3 Å². The summed E-state index contributed by atoms with van der Waals surface area (Å²) in [7, 11) is 0. The molecule has 2 aromatic rings. The van der Waals surface area contributed by atoms with E-state index in [-0.39, 0.29) is 17.5 Å². The number of amides is 1. The highest BCUT2D eigenvalue weighted by Crippen LogP contribution is 2.25. The number of carbonyl (C=O) groups is 1. The van der Waals surface area contributed by atoms with E-state index in [2.05, 4.69) is 54.9 Å². The third-order valence-electron chi connectivity index (χ3n) is 5.54. The molecular formula is C24H29N3O. The Morgan fingerprint density at radius 2 is 1.71 bits per heavy atom. The molecule has 1 aromatic carbocycles. The average molecular weight is 376 g/mol. The molecule has 0 aliphatic heterocycles. The SMILES string of the molecule is Cc1cc(C)cc(-n2c(C)cc(/C=C(\C#N)C(=O)NC3CCCCC3)c2C)c1. The number of nitrogens with zero attached hydrogens (tertiary/aromatic N) is 2. The normalized spacial score (nSPS) is 15.3. The second kappa shape index (κ2) is 8.48. The van der Waals surface area contributed by atoms with Crippen LogP contribution in [0.3, 0.4) is 0 Å². The molecule has 28 heavy (non-hydrogen) atoms. The summed E-state index contributed by atoms with van der Waals surface area (Å²) in [4.78, 5) is 12.6. The van der Waals surface area contributed by atoms with E-state index in [0.29, 0.717) is 0 Å². The van der Waals surface area contributed by atoms with E-state index >= 15 is 0 Å². The molecule has 1 heterocycles. The van der Waals surface area contributed by atoms with Gasteiger partial charge in [0.15, 0.2) is 0 Å². The highest BCUT2D eigenvalue weighted by molar-refractivity contribution is 6.02. The maximum Gasteiger partial charge on any atom is 0.262 e. The summed E-state index contributed by atoms with van der Waals surface area (Å²) >= 11 is 0. The van der Waals surface area contributed by atoms with Crippen molar-refractivity contribution in [1.29, 1.82) is 5.26 Å². The first-order valence-corrected chi connectivity index (χ1v) is 10.1. The van der Waals surface area contributed by atoms with Gasteiger partial charge in [0.05, 0.1) is 0 Å². The Labute approximate surface area is 167 Å². The highest BCUT2D eigenvalue weighted by atomic mass is 16.1. The van der Waals surface area contributed by atoms with Crippen LogP contribution in [0, 0.1) is 39.0 Å². The third-order valence-corrected chi connectivity index (χ3v) is 5.54. The largest absolute Gasteiger partial charge is 0.349 e. The zero-order valence-corrected chi connectivity index (χ0v) is 17.3. The first-order valence-electron chi connectivity index (χ1n) is 10.1. The molecule has 1 saturated carbocycles. The summed E-state index contributed by atoms with van der Waals surface area (Å²) in [6.07, 6.45) is 7.26. The molecule has 0 spiro atoms. The molecule has 146 valence electrons. The number of hydrogen-bond acceptors (Lipinski definition) is 2. The van der Waals surface area contributed by atoms with Crippen LogP contribution in [-0.2, 0) is 4.79 Å². The average Bonchev–Trinajstić information content (AvgIpc) is 2.92. The lowest BCUT2D eigenvalue weighted by Crippen LogP contribution is -2.36. The number of hydrogen-bond donors (Lipinski definition) is 1. The summed E-state index contributed by atoms with van der Waals surface area (Å²) < 4.78 is 2.18. The van der Waals surface area contributed by atoms with Gasteiger partial charge in [-0.25, -0.2) is 0 Å². The van der Waals surface area contributed by atoms with Crippen molar-refractivity contribution in [2.45, 2.75) is 65.8 Å². The van der Waals surface area contributed by atoms with Crippen LogP contribution >= 0.6 is 0 Å². The lowest BCUT2D eigenvalue weighted by atomic mass is 9.95. The molecule has 1 aliphatic carbocycles. The molecule has 0 saturated heterocycles. The number of aromatic nitrogens is 1. The minimum absolute atomic E-state index is 0.172. The molecular weight excluding hydrogens is 346 g/mol. The monoisotopic (exact) mass is 375 g/mol. The first-order chi connectivity index (χ1) is 13.4. The van der Waals surface area contributed by atoms with Gasteiger partial charge in [-0.3, -0.25) is 4.79 Å². The van der Waals surface area contributed by atoms with E-state index in [1.807, 2.05) is 13.0 Å². The fourth-order valence-electron chi connectivity index (χ4n) is 4.22. The number of carbonyl (C=O) groups excluding carboxylic acids is 1. The second-order valence-electron chi connectivity index (χ2n) is 7.99. The Bertz CT molecular complexity index is 933. The zero-order valence-electron chi connectivity index (χ0n) is 17.3. The van der Waals surface area contributed by atoms with Gasteiger partial charge in [-0.2, -0.15) is 5.26 Å². The van der Waals surface area contributed by atoms with E-state index in [4.69, 9.17) is 0 Å². The molecule has 1 aliphatic rings. The van der Waals surface area contributed by atoms with Crippen molar-refractivity contribution in [2.24, 2.45) is 0 Å². The maximum absolute atomic E-state index is 12.6. The topological polar surface area (TPSA) is 57.8 Å². The van der Waals surface area contributed by atoms with Gasteiger partial charge in [-0.05, 0) is 81.5 Å². The number of rotatable bonds is 4. The van der Waals surface area contributed by atoms with Crippen LogP contribution in [0.25, 0.3) is 11.8 Å². The molecule has 1 fully saturated rings. The molecule has 0 atom stereocenters. The smallest absolute Gasteiger partial charge is 0.262 e. The van der Waals surface area contributed by atoms with Crippen LogP contribution in [0.15, 0.2) is 29.8 Å². The molecule has 4 nitrogen and oxygen atoms in total. The summed E-state index contributed by atoms with van der Waals surface area (Å²) in [5.74, 6) is -0.259. The molecule has 4 heteroatoms. The molecule has 0 bridgehead atoms. The van der Waals surface area contributed by atoms with Gasteiger partial charge in [0.1, 0.15) is 11.6 Å². The Hall–Kier alpha value is -2.80. The second-order valence-corrected chi connectivity index (χ2v) is 7.99. The predicted molar refractivity (Wildman–Crippen MR) is 113 cm³/mol. The van der Waals surface area contributed by atoms with Gasteiger partial charge in [0, 0.05) is 23.1 Å². The van der Waals surface area contributed by atoms with Gasteiger partial charge in [0.2, 0.25) is 0 Å². The van der Waals surface area contributed by atoms with Crippen LogP contribution in [0.1, 0.15) is 60.2 Å². The molecule has 0 unspecified atom stereocenters. The third kappa shape index (κ3) is 4.36. The van der Waals surface area contributed by atoms with Crippen molar-refractivity contribution in [3.05, 3.63) is 57.9 Å². The van der Waals surface area contributed by atoms with E-state index < -0.39 is 0 Å². The Balaban J connectivity index is 1.90. The summed E-state index contributed by atoms with van der Waals surface area (Å²) in [6, 6.07) is 10.8. The standard InChI is InChI=1S/C24H29N3O/c1-16-10-17(2)12-23(11-16)27-18(3)13-20(19(27)4)14-21(15-25)24(28)26-22-8-6-5-7-9-22/h10-14,22H,5-9H2,1-4H3,(H,26,28)/b21-14+. The summed E-state index contributed by atoms with van der Waals surface area (Å²) in [5, 5.41) is 12.6. The van der Waals surface area contributed by atoms with Crippen molar-refractivity contribution < 1.29 is 4.79 Å². The fraction of sp³-hybridized carbons (Fsp3) is 0.417. The van der Waals surface area contributed by atoms with Crippen molar-refractivity contribution in [2.75, 3.05) is 0 Å². The molecule has 0 radical (unpaired) electrons. The van der Waals surface area contributed by atoms with Gasteiger partial charge < -0.3 is 9.88 Å². The predicted octanol–water partition coefficient (Wildman–Crippen LogP) is 5.07. The van der Waals surface area contributed by atoms with Gasteiger partial charge in [-0.15, -0.1) is 0 Å². The Kier molecular flexibility index (Phi) is 6.04. The first kappa shape index (κ1) is 19.9. The Morgan fingerprint density at radius 3 is 2.32 bits per heavy atom. The number of nitriles is 1. The molecule has 1 aromatic heterocycles. The summed E-state index contributed by atoms with van der Waals surface area (Å²) in [5.41, 5.74) is 6.73. The number of nitrogens with one attached hydrogen (secondary N) is 1. The molecule has 3 rings (SSSR count). The number of aryl methyl sites for hydroxylation is 3. The highest BCUT2D eigenvalue weighted by Gasteiger charge is 2.19. The zero-order chi connectivity index (χ0) is 20.3. The summed E-state index contributed by atoms with van der Waals surface area (Å²) in [6.45, 7) is 8.27. The molecule has 1 N–H and O–H groups in total. The minimum Gasteiger partial charge on any atom is -0.349 e. The van der Waals surface area contributed by atoms with Crippen LogP contribution < -0.4 is 5.32 Å². The van der Waals surface area contributed by atoms with Crippen LogP contribution in [0.4, 0.5) is 0 Å². The van der Waals surface area contributed by atoms with Crippen LogP contribution in [-0.4, -0.2) is 16.5 Å². The maximum atomic E-state index is 12.6. The van der Waals surface area contributed by atoms with Crippen LogP contribution in [0.5, 0.6) is 0 Å². The van der Waals surface area contributed by atoms with Crippen LogP contribution in [0.2, 0.25) is 0 Å². The van der Waals surface area contributed by atoms with E-state index in [1.165, 1.54) is 17.5 Å². The quantitative estimate of drug-likeness (QED) is 0.599. The minimum atomic E-state index is -0.259. The van der Waals surface area contributed by atoms with E-state index in [9.17, 15) is 10.1 Å².